The largest absolute Gasteiger partial charge is 0.368 e. The van der Waals surface area contributed by atoms with Crippen molar-refractivity contribution in [2.75, 3.05) is 31.1 Å². The number of carbonyl (C=O) groups excluding carboxylic acids is 1. The molecule has 4 nitrogen and oxygen atoms in total. The van der Waals surface area contributed by atoms with Crippen molar-refractivity contribution in [1.82, 2.24) is 4.90 Å². The second-order valence-corrected chi connectivity index (χ2v) is 8.10. The zero-order valence-electron chi connectivity index (χ0n) is 14.1. The Morgan fingerprint density at radius 2 is 1.58 bits per heavy atom. The Hall–Kier alpha value is -2.05. The number of para-hydroxylation sites is 1. The van der Waals surface area contributed by atoms with Crippen LogP contribution < -0.4 is 4.90 Å². The van der Waals surface area contributed by atoms with Gasteiger partial charge in [0.25, 0.3) is 5.91 Å². The molecule has 2 aliphatic rings. The van der Waals surface area contributed by atoms with E-state index in [2.05, 4.69) is 55.0 Å². The Bertz CT molecular complexity index is 856. The quantitative estimate of drug-likeness (QED) is 0.671. The molecule has 2 heterocycles. The van der Waals surface area contributed by atoms with Crippen LogP contribution in [0.15, 0.2) is 69.0 Å². The molecule has 0 aliphatic carbocycles. The van der Waals surface area contributed by atoms with Crippen LogP contribution in [0.5, 0.6) is 0 Å². The first-order valence-electron chi connectivity index (χ1n) is 8.52. The van der Waals surface area contributed by atoms with Crippen molar-refractivity contribution in [3.63, 3.8) is 0 Å². The Kier molecular flexibility index (Phi) is 5.13. The van der Waals surface area contributed by atoms with Crippen LogP contribution in [-0.4, -0.2) is 42.2 Å². The second kappa shape index (κ2) is 7.68. The molecule has 0 aromatic heterocycles. The van der Waals surface area contributed by atoms with Gasteiger partial charge in [0, 0.05) is 36.3 Å². The Balaban J connectivity index is 1.40. The molecule has 2 aromatic rings. The minimum atomic E-state index is -0.140. The summed E-state index contributed by atoms with van der Waals surface area (Å²) in [5, 5.41) is 0.825. The summed E-state index contributed by atoms with van der Waals surface area (Å²) in [5.41, 5.74) is 2.26. The van der Waals surface area contributed by atoms with Crippen molar-refractivity contribution in [3.05, 3.63) is 69.5 Å². The normalized spacial score (nSPS) is 19.2. The third-order valence-corrected chi connectivity index (χ3v) is 6.02. The molecule has 2 aromatic carbocycles. The zero-order chi connectivity index (χ0) is 17.9. The average molecular weight is 428 g/mol. The third-order valence-electron chi connectivity index (χ3n) is 4.45. The third kappa shape index (κ3) is 3.86. The number of thioether (sulfide) groups is 1. The molecule has 0 unspecified atom stereocenters. The van der Waals surface area contributed by atoms with Crippen LogP contribution in [-0.2, 0) is 4.79 Å². The summed E-state index contributed by atoms with van der Waals surface area (Å²) >= 11 is 4.91. The van der Waals surface area contributed by atoms with Crippen molar-refractivity contribution in [1.29, 1.82) is 0 Å². The number of anilines is 1. The highest BCUT2D eigenvalue weighted by Crippen LogP contribution is 2.31. The summed E-state index contributed by atoms with van der Waals surface area (Å²) in [6, 6.07) is 18.4. The van der Waals surface area contributed by atoms with Crippen molar-refractivity contribution in [2.45, 2.75) is 0 Å². The molecule has 1 fully saturated rings. The lowest BCUT2D eigenvalue weighted by Crippen LogP contribution is -2.47. The summed E-state index contributed by atoms with van der Waals surface area (Å²) in [7, 11) is 0. The van der Waals surface area contributed by atoms with Crippen molar-refractivity contribution < 1.29 is 4.79 Å². The van der Waals surface area contributed by atoms with Gasteiger partial charge < -0.3 is 9.80 Å². The van der Waals surface area contributed by atoms with E-state index in [9.17, 15) is 4.79 Å². The van der Waals surface area contributed by atoms with Crippen molar-refractivity contribution in [2.24, 2.45) is 4.99 Å². The van der Waals surface area contributed by atoms with Gasteiger partial charge in [0.2, 0.25) is 0 Å². The molecule has 0 atom stereocenters. The molecule has 0 bridgehead atoms. The molecule has 0 N–H and O–H groups in total. The van der Waals surface area contributed by atoms with E-state index in [4.69, 9.17) is 0 Å². The maximum atomic E-state index is 12.3. The summed E-state index contributed by atoms with van der Waals surface area (Å²) in [6.07, 6.45) is 1.91. The minimum Gasteiger partial charge on any atom is -0.368 e. The van der Waals surface area contributed by atoms with Gasteiger partial charge in [-0.1, -0.05) is 46.3 Å². The first kappa shape index (κ1) is 17.4. The molecular formula is C20H18BrN3OS. The number of nitrogens with zero attached hydrogens (tertiary/aromatic N) is 3. The molecule has 132 valence electrons. The van der Waals surface area contributed by atoms with Crippen LogP contribution in [0.3, 0.4) is 0 Å². The molecule has 2 aliphatic heterocycles. The number of rotatable bonds is 2. The van der Waals surface area contributed by atoms with Crippen LogP contribution in [0.4, 0.5) is 5.69 Å². The maximum Gasteiger partial charge on any atom is 0.286 e. The Morgan fingerprint density at radius 1 is 0.923 bits per heavy atom. The number of piperazine rings is 1. The fourth-order valence-electron chi connectivity index (χ4n) is 3.04. The van der Waals surface area contributed by atoms with Gasteiger partial charge in [-0.25, -0.2) is 0 Å². The smallest absolute Gasteiger partial charge is 0.286 e. The number of amides is 1. The number of benzene rings is 2. The van der Waals surface area contributed by atoms with E-state index in [0.717, 1.165) is 41.4 Å². The average Bonchev–Trinajstić information content (AvgIpc) is 3.05. The van der Waals surface area contributed by atoms with Gasteiger partial charge >= 0.3 is 0 Å². The van der Waals surface area contributed by atoms with Crippen molar-refractivity contribution >= 4 is 50.5 Å². The maximum absolute atomic E-state index is 12.3. The second-order valence-electron chi connectivity index (χ2n) is 6.17. The molecule has 0 radical (unpaired) electrons. The van der Waals surface area contributed by atoms with Crippen LogP contribution >= 0.6 is 27.7 Å². The first-order valence-corrected chi connectivity index (χ1v) is 10.1. The highest BCUT2D eigenvalue weighted by atomic mass is 79.9. The fourth-order valence-corrected chi connectivity index (χ4v) is 4.27. The number of halogens is 1. The number of aliphatic imine (C=N–C) groups is 1. The van der Waals surface area contributed by atoms with Gasteiger partial charge in [-0.3, -0.25) is 4.79 Å². The minimum absolute atomic E-state index is 0.140. The molecule has 0 saturated carbocycles. The molecule has 1 saturated heterocycles. The topological polar surface area (TPSA) is 35.9 Å². The van der Waals surface area contributed by atoms with E-state index in [1.54, 1.807) is 0 Å². The van der Waals surface area contributed by atoms with Crippen LogP contribution in [0.2, 0.25) is 0 Å². The van der Waals surface area contributed by atoms with Gasteiger partial charge in [0.15, 0.2) is 5.17 Å². The van der Waals surface area contributed by atoms with Gasteiger partial charge in [-0.15, -0.1) is 0 Å². The van der Waals surface area contributed by atoms with Crippen LogP contribution in [0.25, 0.3) is 6.08 Å². The number of hydrogen-bond acceptors (Lipinski definition) is 4. The number of carbonyl (C=O) groups is 1. The molecule has 26 heavy (non-hydrogen) atoms. The highest BCUT2D eigenvalue weighted by molar-refractivity contribution is 9.10. The predicted molar refractivity (Wildman–Crippen MR) is 112 cm³/mol. The summed E-state index contributed by atoms with van der Waals surface area (Å²) < 4.78 is 1.03. The van der Waals surface area contributed by atoms with Gasteiger partial charge in [-0.2, -0.15) is 4.99 Å². The molecule has 6 heteroatoms. The lowest BCUT2D eigenvalue weighted by molar-refractivity contribution is -0.113. The highest BCUT2D eigenvalue weighted by Gasteiger charge is 2.28. The SMILES string of the molecule is O=C1N=C(N2CCN(c3ccccc3)CC2)SC1=Cc1ccc(Br)cc1. The van der Waals surface area contributed by atoms with Crippen LogP contribution in [0.1, 0.15) is 5.56 Å². The van der Waals surface area contributed by atoms with Crippen molar-refractivity contribution in [3.8, 4) is 0 Å². The molecule has 0 spiro atoms. The fraction of sp³-hybridized carbons (Fsp3) is 0.200. The predicted octanol–water partition coefficient (Wildman–Crippen LogP) is 4.24. The summed E-state index contributed by atoms with van der Waals surface area (Å²) in [5.74, 6) is -0.140. The van der Waals surface area contributed by atoms with E-state index in [1.807, 2.05) is 36.4 Å². The van der Waals surface area contributed by atoms with E-state index in [-0.39, 0.29) is 5.91 Å². The molecule has 4 rings (SSSR count). The number of hydrogen-bond donors (Lipinski definition) is 0. The zero-order valence-corrected chi connectivity index (χ0v) is 16.5. The monoisotopic (exact) mass is 427 g/mol. The number of amidine groups is 1. The lowest BCUT2D eigenvalue weighted by Gasteiger charge is -2.36. The van der Waals surface area contributed by atoms with E-state index in [1.165, 1.54) is 17.4 Å². The molecule has 1 amide bonds. The lowest BCUT2D eigenvalue weighted by atomic mass is 10.2. The van der Waals surface area contributed by atoms with Gasteiger partial charge in [-0.05, 0) is 47.7 Å². The standard InChI is InChI=1S/C20H18BrN3OS/c21-16-8-6-15(7-9-16)14-18-19(25)22-20(26-18)24-12-10-23(11-13-24)17-4-2-1-3-5-17/h1-9,14H,10-13H2. The molecular weight excluding hydrogens is 410 g/mol. The Labute approximate surface area is 165 Å². The van der Waals surface area contributed by atoms with Crippen LogP contribution in [0, 0.1) is 0 Å². The van der Waals surface area contributed by atoms with Gasteiger partial charge in [0.05, 0.1) is 4.91 Å². The summed E-state index contributed by atoms with van der Waals surface area (Å²) in [4.78, 5) is 21.8. The van der Waals surface area contributed by atoms with E-state index < -0.39 is 0 Å². The van der Waals surface area contributed by atoms with E-state index in [0.29, 0.717) is 4.91 Å². The summed E-state index contributed by atoms with van der Waals surface area (Å²) in [6.45, 7) is 3.62. The Morgan fingerprint density at radius 3 is 2.27 bits per heavy atom. The van der Waals surface area contributed by atoms with Gasteiger partial charge in [0.1, 0.15) is 0 Å². The first-order chi connectivity index (χ1) is 12.7. The van der Waals surface area contributed by atoms with E-state index >= 15 is 0 Å².